The predicted molar refractivity (Wildman–Crippen MR) is 79.7 cm³/mol. The Bertz CT molecular complexity index is 680. The van der Waals surface area contributed by atoms with Crippen molar-refractivity contribution in [2.75, 3.05) is 12.9 Å². The summed E-state index contributed by atoms with van der Waals surface area (Å²) in [4.78, 5) is 12.8. The number of Topliss-reactive ketones (excluding diaryl/α,β-unsaturated/α-hetero) is 1. The SMILES string of the molecule is COc1ccc(F)cc1C(=O)CS(=O)c1ccc(C)cc1. The molecule has 0 saturated heterocycles. The van der Waals surface area contributed by atoms with E-state index in [-0.39, 0.29) is 17.1 Å². The minimum absolute atomic E-state index is 0.109. The maximum absolute atomic E-state index is 13.3. The number of hydrogen-bond acceptors (Lipinski definition) is 3. The first-order valence-corrected chi connectivity index (χ1v) is 7.65. The summed E-state index contributed by atoms with van der Waals surface area (Å²) in [6, 6.07) is 10.8. The van der Waals surface area contributed by atoms with E-state index in [4.69, 9.17) is 4.74 Å². The number of carbonyl (C=O) groups is 1. The summed E-state index contributed by atoms with van der Waals surface area (Å²) >= 11 is 0. The van der Waals surface area contributed by atoms with Crippen LogP contribution in [0.1, 0.15) is 15.9 Å². The molecule has 2 rings (SSSR count). The molecule has 21 heavy (non-hydrogen) atoms. The first-order valence-electron chi connectivity index (χ1n) is 6.33. The van der Waals surface area contributed by atoms with Gasteiger partial charge in [0.15, 0.2) is 5.78 Å². The van der Waals surface area contributed by atoms with Crippen molar-refractivity contribution >= 4 is 16.6 Å². The molecular formula is C16H15FO3S. The molecule has 1 unspecified atom stereocenters. The lowest BCUT2D eigenvalue weighted by Crippen LogP contribution is -2.12. The van der Waals surface area contributed by atoms with Gasteiger partial charge in [-0.2, -0.15) is 0 Å². The van der Waals surface area contributed by atoms with Crippen LogP contribution in [0.5, 0.6) is 5.75 Å². The molecule has 0 aliphatic rings. The van der Waals surface area contributed by atoms with E-state index < -0.39 is 22.4 Å². The van der Waals surface area contributed by atoms with Crippen LogP contribution >= 0.6 is 0 Å². The summed E-state index contributed by atoms with van der Waals surface area (Å²) in [7, 11) is -0.0629. The molecule has 0 aliphatic heterocycles. The molecule has 0 spiro atoms. The zero-order valence-electron chi connectivity index (χ0n) is 11.8. The molecule has 0 radical (unpaired) electrons. The second kappa shape index (κ2) is 6.63. The van der Waals surface area contributed by atoms with Crippen LogP contribution in [0.3, 0.4) is 0 Å². The average molecular weight is 306 g/mol. The number of hydrogen-bond donors (Lipinski definition) is 0. The van der Waals surface area contributed by atoms with Gasteiger partial charge in [-0.25, -0.2) is 4.39 Å². The van der Waals surface area contributed by atoms with Gasteiger partial charge in [0.2, 0.25) is 0 Å². The van der Waals surface area contributed by atoms with E-state index in [1.165, 1.54) is 19.2 Å². The normalized spacial score (nSPS) is 12.0. The molecule has 0 saturated carbocycles. The molecule has 0 bridgehead atoms. The van der Waals surface area contributed by atoms with Crippen molar-refractivity contribution in [2.45, 2.75) is 11.8 Å². The van der Waals surface area contributed by atoms with Crippen molar-refractivity contribution in [1.82, 2.24) is 0 Å². The summed E-state index contributed by atoms with van der Waals surface area (Å²) in [5, 5.41) is 0. The van der Waals surface area contributed by atoms with Crippen LogP contribution in [0.25, 0.3) is 0 Å². The third-order valence-corrected chi connectivity index (χ3v) is 4.33. The van der Waals surface area contributed by atoms with Crippen LogP contribution in [0.2, 0.25) is 0 Å². The average Bonchev–Trinajstić information content (AvgIpc) is 2.47. The minimum Gasteiger partial charge on any atom is -0.496 e. The van der Waals surface area contributed by atoms with Gasteiger partial charge in [-0.05, 0) is 37.3 Å². The number of halogens is 1. The Hall–Kier alpha value is -2.01. The molecule has 2 aromatic rings. The molecule has 0 N–H and O–H groups in total. The largest absolute Gasteiger partial charge is 0.496 e. The Morgan fingerprint density at radius 2 is 1.86 bits per heavy atom. The highest BCUT2D eigenvalue weighted by Crippen LogP contribution is 2.21. The molecule has 0 fully saturated rings. The van der Waals surface area contributed by atoms with Crippen LogP contribution < -0.4 is 4.74 Å². The second-order valence-corrected chi connectivity index (χ2v) is 6.02. The van der Waals surface area contributed by atoms with Crippen molar-refractivity contribution in [1.29, 1.82) is 0 Å². The van der Waals surface area contributed by atoms with Gasteiger partial charge in [0.25, 0.3) is 0 Å². The number of rotatable bonds is 5. The highest BCUT2D eigenvalue weighted by Gasteiger charge is 2.17. The van der Waals surface area contributed by atoms with E-state index in [0.29, 0.717) is 4.90 Å². The van der Waals surface area contributed by atoms with Crippen LogP contribution in [-0.4, -0.2) is 22.9 Å². The fourth-order valence-corrected chi connectivity index (χ4v) is 2.87. The first-order chi connectivity index (χ1) is 10.0. The molecule has 0 aliphatic carbocycles. The molecule has 0 heterocycles. The van der Waals surface area contributed by atoms with Crippen molar-refractivity contribution in [3.8, 4) is 5.75 Å². The van der Waals surface area contributed by atoms with Crippen molar-refractivity contribution < 1.29 is 18.1 Å². The van der Waals surface area contributed by atoms with Gasteiger partial charge in [0.05, 0.1) is 29.2 Å². The van der Waals surface area contributed by atoms with Crippen LogP contribution in [0, 0.1) is 12.7 Å². The highest BCUT2D eigenvalue weighted by atomic mass is 32.2. The van der Waals surface area contributed by atoms with Crippen LogP contribution in [-0.2, 0) is 10.8 Å². The molecule has 2 aromatic carbocycles. The van der Waals surface area contributed by atoms with Gasteiger partial charge in [0.1, 0.15) is 11.6 Å². The summed E-state index contributed by atoms with van der Waals surface area (Å²) in [6.45, 7) is 1.93. The highest BCUT2D eigenvalue weighted by molar-refractivity contribution is 7.85. The lowest BCUT2D eigenvalue weighted by molar-refractivity contribution is 0.101. The minimum atomic E-state index is -1.47. The predicted octanol–water partition coefficient (Wildman–Crippen LogP) is 3.13. The Kier molecular flexibility index (Phi) is 4.85. The van der Waals surface area contributed by atoms with E-state index in [0.717, 1.165) is 11.6 Å². The zero-order chi connectivity index (χ0) is 15.4. The monoisotopic (exact) mass is 306 g/mol. The number of ether oxygens (including phenoxy) is 1. The van der Waals surface area contributed by atoms with Gasteiger partial charge in [-0.3, -0.25) is 9.00 Å². The number of ketones is 1. The molecule has 1 atom stereocenters. The summed E-state index contributed by atoms with van der Waals surface area (Å²) in [5.41, 5.74) is 1.16. The number of methoxy groups -OCH3 is 1. The standard InChI is InChI=1S/C16H15FO3S/c1-11-3-6-13(7-4-11)21(19)10-15(18)14-9-12(17)5-8-16(14)20-2/h3-9H,10H2,1-2H3. The summed E-state index contributed by atoms with van der Waals surface area (Å²) in [5.74, 6) is -0.865. The molecule has 3 nitrogen and oxygen atoms in total. The topological polar surface area (TPSA) is 43.4 Å². The van der Waals surface area contributed by atoms with Crippen LogP contribution in [0.4, 0.5) is 4.39 Å². The lowest BCUT2D eigenvalue weighted by atomic mass is 10.1. The summed E-state index contributed by atoms with van der Waals surface area (Å²) in [6.07, 6.45) is 0. The number of benzene rings is 2. The first kappa shape index (κ1) is 15.4. The summed E-state index contributed by atoms with van der Waals surface area (Å²) < 4.78 is 30.5. The Balaban J connectivity index is 2.20. The van der Waals surface area contributed by atoms with Crippen molar-refractivity contribution in [3.05, 3.63) is 59.4 Å². The smallest absolute Gasteiger partial charge is 0.179 e. The molecule has 0 aromatic heterocycles. The Morgan fingerprint density at radius 1 is 1.19 bits per heavy atom. The Labute approximate surface area is 125 Å². The fraction of sp³-hybridized carbons (Fsp3) is 0.188. The van der Waals surface area contributed by atoms with E-state index in [1.807, 2.05) is 19.1 Å². The van der Waals surface area contributed by atoms with E-state index in [9.17, 15) is 13.4 Å². The van der Waals surface area contributed by atoms with Gasteiger partial charge in [0, 0.05) is 4.90 Å². The van der Waals surface area contributed by atoms with E-state index in [2.05, 4.69) is 0 Å². The van der Waals surface area contributed by atoms with Gasteiger partial charge < -0.3 is 4.74 Å². The molecule has 0 amide bonds. The van der Waals surface area contributed by atoms with Gasteiger partial charge >= 0.3 is 0 Å². The van der Waals surface area contributed by atoms with Gasteiger partial charge in [-0.1, -0.05) is 17.7 Å². The maximum Gasteiger partial charge on any atom is 0.179 e. The van der Waals surface area contributed by atoms with E-state index >= 15 is 0 Å². The van der Waals surface area contributed by atoms with E-state index in [1.54, 1.807) is 12.1 Å². The maximum atomic E-state index is 13.3. The lowest BCUT2D eigenvalue weighted by Gasteiger charge is -2.08. The van der Waals surface area contributed by atoms with Gasteiger partial charge in [-0.15, -0.1) is 0 Å². The third-order valence-electron chi connectivity index (χ3n) is 3.01. The number of aryl methyl sites for hydroxylation is 1. The van der Waals surface area contributed by atoms with Crippen LogP contribution in [0.15, 0.2) is 47.4 Å². The van der Waals surface area contributed by atoms with Crippen molar-refractivity contribution in [2.24, 2.45) is 0 Å². The second-order valence-electron chi connectivity index (χ2n) is 4.57. The number of carbonyl (C=O) groups excluding carboxylic acids is 1. The zero-order valence-corrected chi connectivity index (χ0v) is 12.6. The molecule has 110 valence electrons. The Morgan fingerprint density at radius 3 is 2.48 bits per heavy atom. The third kappa shape index (κ3) is 3.76. The fourth-order valence-electron chi connectivity index (χ4n) is 1.87. The van der Waals surface area contributed by atoms with Crippen molar-refractivity contribution in [3.63, 3.8) is 0 Å². The molecule has 5 heteroatoms. The molecular weight excluding hydrogens is 291 g/mol. The quantitative estimate of drug-likeness (QED) is 0.797.